The van der Waals surface area contributed by atoms with E-state index < -0.39 is 6.10 Å². The molecule has 6 nitrogen and oxygen atoms in total. The highest BCUT2D eigenvalue weighted by Gasteiger charge is 2.17. The lowest BCUT2D eigenvalue weighted by molar-refractivity contribution is -0.121. The number of fused-ring (bicyclic) bond motifs is 1. The third-order valence-corrected chi connectivity index (χ3v) is 4.80. The summed E-state index contributed by atoms with van der Waals surface area (Å²) in [5.74, 6) is -0.109. The summed E-state index contributed by atoms with van der Waals surface area (Å²) in [4.78, 5) is 14.4. The number of β-amino-alcohol motifs (C(OH)–C–C–N with tert-alkyl or cyclic N) is 1. The number of hydrogen-bond acceptors (Lipinski definition) is 5. The number of aryl methyl sites for hydroxylation is 2. The average Bonchev–Trinajstić information content (AvgIpc) is 3.01. The van der Waals surface area contributed by atoms with Gasteiger partial charge in [-0.2, -0.15) is 0 Å². The number of hydrogen-bond donors (Lipinski definition) is 2. The number of benzene rings is 1. The molecule has 136 valence electrons. The van der Waals surface area contributed by atoms with Gasteiger partial charge in [-0.15, -0.1) is 0 Å². The molecule has 0 radical (unpaired) electrons. The van der Waals surface area contributed by atoms with Crippen LogP contribution in [0.25, 0.3) is 11.0 Å². The van der Waals surface area contributed by atoms with Gasteiger partial charge in [0, 0.05) is 37.1 Å². The number of carbonyl (C=O) groups excluding carboxylic acids is 1. The molecule has 1 unspecified atom stereocenters. The van der Waals surface area contributed by atoms with Crippen LogP contribution in [0.5, 0.6) is 0 Å². The maximum absolute atomic E-state index is 12.2. The summed E-state index contributed by atoms with van der Waals surface area (Å²) in [6.07, 6.45) is 1.33. The minimum atomic E-state index is -0.576. The Labute approximate surface area is 147 Å². The molecule has 1 aromatic heterocycles. The van der Waals surface area contributed by atoms with Gasteiger partial charge in [-0.3, -0.25) is 9.69 Å². The van der Waals surface area contributed by atoms with Crippen molar-refractivity contribution < 1.29 is 19.1 Å². The van der Waals surface area contributed by atoms with Crippen LogP contribution in [0.15, 0.2) is 22.8 Å². The Hall–Kier alpha value is -1.89. The SMILES string of the molecule is Cc1ccc2c(CC(=O)NCC(O)CN3CCOCC3)coc2c1C. The monoisotopic (exact) mass is 346 g/mol. The van der Waals surface area contributed by atoms with Crippen LogP contribution in [0, 0.1) is 13.8 Å². The fraction of sp³-hybridized carbons (Fsp3) is 0.526. The van der Waals surface area contributed by atoms with Crippen LogP contribution >= 0.6 is 0 Å². The summed E-state index contributed by atoms with van der Waals surface area (Å²) in [6.45, 7) is 7.92. The lowest BCUT2D eigenvalue weighted by Gasteiger charge is -2.28. The van der Waals surface area contributed by atoms with Crippen LogP contribution in [0.4, 0.5) is 0 Å². The normalized spacial score (nSPS) is 16.9. The van der Waals surface area contributed by atoms with E-state index in [1.54, 1.807) is 6.26 Å². The smallest absolute Gasteiger partial charge is 0.224 e. The zero-order valence-electron chi connectivity index (χ0n) is 14.9. The van der Waals surface area contributed by atoms with E-state index in [0.717, 1.165) is 35.2 Å². The highest BCUT2D eigenvalue weighted by molar-refractivity contribution is 5.89. The Balaban J connectivity index is 1.51. The van der Waals surface area contributed by atoms with Gasteiger partial charge in [0.25, 0.3) is 0 Å². The maximum Gasteiger partial charge on any atom is 0.224 e. The second-order valence-corrected chi connectivity index (χ2v) is 6.69. The van der Waals surface area contributed by atoms with E-state index >= 15 is 0 Å². The lowest BCUT2D eigenvalue weighted by Crippen LogP contribution is -2.44. The summed E-state index contributed by atoms with van der Waals surface area (Å²) in [5.41, 5.74) is 3.99. The van der Waals surface area contributed by atoms with E-state index in [4.69, 9.17) is 9.15 Å². The van der Waals surface area contributed by atoms with Crippen molar-refractivity contribution in [3.8, 4) is 0 Å². The van der Waals surface area contributed by atoms with E-state index in [2.05, 4.69) is 10.2 Å². The van der Waals surface area contributed by atoms with E-state index in [1.807, 2.05) is 26.0 Å². The van der Waals surface area contributed by atoms with Crippen molar-refractivity contribution >= 4 is 16.9 Å². The average molecular weight is 346 g/mol. The summed E-state index contributed by atoms with van der Waals surface area (Å²) in [6, 6.07) is 4.04. The Kier molecular flexibility index (Phi) is 5.73. The van der Waals surface area contributed by atoms with Gasteiger partial charge in [0.2, 0.25) is 5.91 Å². The Bertz CT molecular complexity index is 734. The molecule has 25 heavy (non-hydrogen) atoms. The fourth-order valence-electron chi connectivity index (χ4n) is 3.14. The highest BCUT2D eigenvalue weighted by atomic mass is 16.5. The quantitative estimate of drug-likeness (QED) is 0.827. The molecular formula is C19H26N2O4. The van der Waals surface area contributed by atoms with E-state index in [0.29, 0.717) is 19.8 Å². The molecule has 1 aliphatic rings. The minimum Gasteiger partial charge on any atom is -0.464 e. The molecule has 0 bridgehead atoms. The van der Waals surface area contributed by atoms with Crippen LogP contribution in [0.3, 0.4) is 0 Å². The number of nitrogens with zero attached hydrogens (tertiary/aromatic N) is 1. The standard InChI is InChI=1S/C19H26N2O4/c1-13-3-4-17-15(12-25-19(17)14(13)2)9-18(23)20-10-16(22)11-21-5-7-24-8-6-21/h3-4,12,16,22H,5-11H2,1-2H3,(H,20,23). The number of ether oxygens (including phenoxy) is 1. The van der Waals surface area contributed by atoms with Gasteiger partial charge >= 0.3 is 0 Å². The van der Waals surface area contributed by atoms with Crippen LogP contribution in [-0.2, 0) is 16.0 Å². The molecule has 2 heterocycles. The third-order valence-electron chi connectivity index (χ3n) is 4.80. The van der Waals surface area contributed by atoms with Crippen molar-refractivity contribution in [2.75, 3.05) is 39.4 Å². The molecule has 3 rings (SSSR count). The van der Waals surface area contributed by atoms with Crippen molar-refractivity contribution in [2.24, 2.45) is 0 Å². The molecular weight excluding hydrogens is 320 g/mol. The molecule has 0 saturated carbocycles. The molecule has 1 aliphatic heterocycles. The predicted octanol–water partition coefficient (Wildman–Crippen LogP) is 1.40. The summed E-state index contributed by atoms with van der Waals surface area (Å²) >= 11 is 0. The summed E-state index contributed by atoms with van der Waals surface area (Å²) in [7, 11) is 0. The first-order chi connectivity index (χ1) is 12.0. The number of nitrogens with one attached hydrogen (secondary N) is 1. The van der Waals surface area contributed by atoms with Crippen molar-refractivity contribution in [2.45, 2.75) is 26.4 Å². The second-order valence-electron chi connectivity index (χ2n) is 6.69. The van der Waals surface area contributed by atoms with E-state index in [1.165, 1.54) is 5.56 Å². The first-order valence-electron chi connectivity index (χ1n) is 8.75. The number of morpholine rings is 1. The molecule has 2 N–H and O–H groups in total. The maximum atomic E-state index is 12.2. The molecule has 0 spiro atoms. The fourth-order valence-corrected chi connectivity index (χ4v) is 3.14. The number of carbonyl (C=O) groups is 1. The molecule has 0 aliphatic carbocycles. The number of rotatable bonds is 6. The summed E-state index contributed by atoms with van der Waals surface area (Å²) in [5, 5.41) is 13.9. The van der Waals surface area contributed by atoms with Crippen molar-refractivity contribution in [3.05, 3.63) is 35.1 Å². The van der Waals surface area contributed by atoms with E-state index in [9.17, 15) is 9.90 Å². The molecule has 2 aromatic rings. The molecule has 1 amide bonds. The Morgan fingerprint density at radius 1 is 1.32 bits per heavy atom. The van der Waals surface area contributed by atoms with Crippen LogP contribution < -0.4 is 5.32 Å². The molecule has 1 aromatic carbocycles. The van der Waals surface area contributed by atoms with Crippen LogP contribution in [-0.4, -0.2) is 61.4 Å². The largest absolute Gasteiger partial charge is 0.464 e. The number of amides is 1. The van der Waals surface area contributed by atoms with Gasteiger partial charge in [-0.25, -0.2) is 0 Å². The predicted molar refractivity (Wildman–Crippen MR) is 95.7 cm³/mol. The molecule has 1 fully saturated rings. The first-order valence-corrected chi connectivity index (χ1v) is 8.75. The minimum absolute atomic E-state index is 0.109. The zero-order valence-corrected chi connectivity index (χ0v) is 14.9. The first kappa shape index (κ1) is 17.9. The number of aliphatic hydroxyl groups excluding tert-OH is 1. The number of furan rings is 1. The van der Waals surface area contributed by atoms with Gasteiger partial charge in [0.1, 0.15) is 5.58 Å². The van der Waals surface area contributed by atoms with Gasteiger partial charge in [-0.1, -0.05) is 12.1 Å². The second kappa shape index (κ2) is 7.99. The lowest BCUT2D eigenvalue weighted by atomic mass is 10.0. The third kappa shape index (κ3) is 4.39. The zero-order chi connectivity index (χ0) is 17.8. The van der Waals surface area contributed by atoms with Gasteiger partial charge in [-0.05, 0) is 25.0 Å². The van der Waals surface area contributed by atoms with E-state index in [-0.39, 0.29) is 18.9 Å². The van der Waals surface area contributed by atoms with Crippen molar-refractivity contribution in [1.82, 2.24) is 10.2 Å². The van der Waals surface area contributed by atoms with Crippen molar-refractivity contribution in [3.63, 3.8) is 0 Å². The molecule has 1 atom stereocenters. The highest BCUT2D eigenvalue weighted by Crippen LogP contribution is 2.26. The van der Waals surface area contributed by atoms with Gasteiger partial charge in [0.15, 0.2) is 0 Å². The Morgan fingerprint density at radius 2 is 2.08 bits per heavy atom. The number of aliphatic hydroxyl groups is 1. The molecule has 1 saturated heterocycles. The van der Waals surface area contributed by atoms with Gasteiger partial charge < -0.3 is 19.6 Å². The topological polar surface area (TPSA) is 74.9 Å². The van der Waals surface area contributed by atoms with Gasteiger partial charge in [0.05, 0.1) is 32.0 Å². The van der Waals surface area contributed by atoms with Crippen LogP contribution in [0.1, 0.15) is 16.7 Å². The Morgan fingerprint density at radius 3 is 2.84 bits per heavy atom. The summed E-state index contributed by atoms with van der Waals surface area (Å²) < 4.78 is 10.9. The van der Waals surface area contributed by atoms with Crippen LogP contribution in [0.2, 0.25) is 0 Å². The van der Waals surface area contributed by atoms with Crippen molar-refractivity contribution in [1.29, 1.82) is 0 Å². The molecule has 6 heteroatoms.